The first-order valence-corrected chi connectivity index (χ1v) is 13.5. The molecule has 0 aliphatic carbocycles. The van der Waals surface area contributed by atoms with E-state index in [4.69, 9.17) is 4.74 Å². The molecule has 206 valence electrons. The quantitative estimate of drug-likeness (QED) is 0.438. The molecule has 0 radical (unpaired) electrons. The average molecular weight is 526 g/mol. The highest BCUT2D eigenvalue weighted by atomic mass is 16.5. The molecular weight excluding hydrogens is 486 g/mol. The Balaban J connectivity index is 1.40. The lowest BCUT2D eigenvalue weighted by Crippen LogP contribution is -2.56. The van der Waals surface area contributed by atoms with E-state index < -0.39 is 18.1 Å². The number of hydrogen-bond acceptors (Lipinski definition) is 7. The van der Waals surface area contributed by atoms with Gasteiger partial charge in [0.1, 0.15) is 25.2 Å². The molecule has 0 saturated carbocycles. The lowest BCUT2D eigenvalue weighted by molar-refractivity contribution is -0.149. The van der Waals surface area contributed by atoms with Gasteiger partial charge in [-0.3, -0.25) is 19.2 Å². The van der Waals surface area contributed by atoms with Gasteiger partial charge in [0.2, 0.25) is 11.8 Å². The van der Waals surface area contributed by atoms with Gasteiger partial charge < -0.3 is 30.5 Å². The molecule has 4 atom stereocenters. The Kier molecular flexibility index (Phi) is 9.04. The maximum Gasteiger partial charge on any atom is 0.325 e. The van der Waals surface area contributed by atoms with Gasteiger partial charge in [0, 0.05) is 29.9 Å². The number of rotatable bonds is 8. The normalized spacial score (nSPS) is 24.5. The molecule has 0 unspecified atom stereocenters. The number of morpholine rings is 1. The molecule has 4 rings (SSSR count). The second-order valence-electron chi connectivity index (χ2n) is 10.4. The van der Waals surface area contributed by atoms with Crippen molar-refractivity contribution in [2.24, 2.45) is 0 Å². The molecule has 3 saturated heterocycles. The Morgan fingerprint density at radius 1 is 1.16 bits per heavy atom. The predicted octanol–water partition coefficient (Wildman–Crippen LogP) is 1.32. The summed E-state index contributed by atoms with van der Waals surface area (Å²) in [6, 6.07) is 6.20. The first kappa shape index (κ1) is 27.6. The van der Waals surface area contributed by atoms with Crippen LogP contribution in [0.15, 0.2) is 36.5 Å². The standard InChI is InChI=1S/C28H39N5O5/c1-18(29-3)19(2)31-23-10-5-4-9-22-11-12-24(33(22)28(23)37)26(35)30-16-20-7-6-8-21(15-20)27(36)32-13-14-38-25(34)17-32/h6-8,15,18,22-24,29,31H,2,4-5,9-14,16-17H2,1,3H3,(H,30,35)/t18-,22-,23-,24-/m0/s1. The highest BCUT2D eigenvalue weighted by molar-refractivity contribution is 5.96. The van der Waals surface area contributed by atoms with E-state index >= 15 is 0 Å². The molecule has 0 spiro atoms. The van der Waals surface area contributed by atoms with Gasteiger partial charge >= 0.3 is 5.97 Å². The van der Waals surface area contributed by atoms with Gasteiger partial charge in [-0.2, -0.15) is 0 Å². The van der Waals surface area contributed by atoms with E-state index in [1.807, 2.05) is 20.0 Å². The summed E-state index contributed by atoms with van der Waals surface area (Å²) in [5.41, 5.74) is 1.99. The summed E-state index contributed by atoms with van der Waals surface area (Å²) < 4.78 is 4.91. The summed E-state index contributed by atoms with van der Waals surface area (Å²) >= 11 is 0. The van der Waals surface area contributed by atoms with Crippen LogP contribution in [0.5, 0.6) is 0 Å². The second kappa shape index (κ2) is 12.4. The molecule has 10 nitrogen and oxygen atoms in total. The van der Waals surface area contributed by atoms with Crippen molar-refractivity contribution in [3.05, 3.63) is 47.7 Å². The maximum absolute atomic E-state index is 13.7. The number of benzene rings is 1. The van der Waals surface area contributed by atoms with Crippen LogP contribution in [0.25, 0.3) is 0 Å². The molecular formula is C28H39N5O5. The van der Waals surface area contributed by atoms with Gasteiger partial charge in [-0.05, 0) is 57.4 Å². The number of amides is 3. The summed E-state index contributed by atoms with van der Waals surface area (Å²) in [6.45, 7) is 6.80. The number of carbonyl (C=O) groups is 4. The van der Waals surface area contributed by atoms with E-state index in [0.29, 0.717) is 24.9 Å². The molecule has 3 amide bonds. The lowest BCUT2D eigenvalue weighted by atomic mass is 9.98. The molecule has 1 aromatic carbocycles. The van der Waals surface area contributed by atoms with Crippen molar-refractivity contribution in [2.75, 3.05) is 26.7 Å². The highest BCUT2D eigenvalue weighted by Crippen LogP contribution is 2.31. The smallest absolute Gasteiger partial charge is 0.325 e. The summed E-state index contributed by atoms with van der Waals surface area (Å²) in [7, 11) is 1.85. The number of likely N-dealkylation sites (N-methyl/N-ethyl adjacent to an activating group) is 1. The van der Waals surface area contributed by atoms with Crippen molar-refractivity contribution >= 4 is 23.7 Å². The van der Waals surface area contributed by atoms with Crippen LogP contribution in [0.1, 0.15) is 61.4 Å². The molecule has 3 heterocycles. The third-order valence-corrected chi connectivity index (χ3v) is 7.83. The Hall–Kier alpha value is -3.40. The number of nitrogens with zero attached hydrogens (tertiary/aromatic N) is 2. The topological polar surface area (TPSA) is 120 Å². The Labute approximate surface area is 224 Å². The van der Waals surface area contributed by atoms with E-state index in [1.165, 1.54) is 4.90 Å². The van der Waals surface area contributed by atoms with Crippen molar-refractivity contribution < 1.29 is 23.9 Å². The van der Waals surface area contributed by atoms with Crippen molar-refractivity contribution in [3.8, 4) is 0 Å². The number of carbonyl (C=O) groups excluding carboxylic acids is 4. The van der Waals surface area contributed by atoms with Crippen molar-refractivity contribution in [1.29, 1.82) is 0 Å². The van der Waals surface area contributed by atoms with Gasteiger partial charge in [-0.15, -0.1) is 0 Å². The summed E-state index contributed by atoms with van der Waals surface area (Å²) in [6.07, 6.45) is 5.04. The third-order valence-electron chi connectivity index (χ3n) is 7.83. The summed E-state index contributed by atoms with van der Waals surface area (Å²) in [5.74, 6) is -0.880. The fourth-order valence-electron chi connectivity index (χ4n) is 5.47. The largest absolute Gasteiger partial charge is 0.462 e. The fraction of sp³-hybridized carbons (Fsp3) is 0.571. The minimum absolute atomic E-state index is 0.0214. The zero-order valence-corrected chi connectivity index (χ0v) is 22.3. The molecule has 10 heteroatoms. The van der Waals surface area contributed by atoms with Crippen molar-refractivity contribution in [2.45, 2.75) is 76.2 Å². The molecule has 3 aliphatic heterocycles. The van der Waals surface area contributed by atoms with Crippen LogP contribution in [0.3, 0.4) is 0 Å². The first-order chi connectivity index (χ1) is 18.3. The second-order valence-corrected chi connectivity index (χ2v) is 10.4. The zero-order chi connectivity index (χ0) is 27.2. The van der Waals surface area contributed by atoms with Crippen LogP contribution in [0.2, 0.25) is 0 Å². The predicted molar refractivity (Wildman–Crippen MR) is 142 cm³/mol. The van der Waals surface area contributed by atoms with Gasteiger partial charge in [0.25, 0.3) is 5.91 Å². The van der Waals surface area contributed by atoms with Crippen LogP contribution >= 0.6 is 0 Å². The van der Waals surface area contributed by atoms with Gasteiger partial charge in [-0.25, -0.2) is 0 Å². The number of ether oxygens (including phenoxy) is 1. The number of cyclic esters (lactones) is 1. The highest BCUT2D eigenvalue weighted by Gasteiger charge is 2.43. The minimum Gasteiger partial charge on any atom is -0.462 e. The van der Waals surface area contributed by atoms with E-state index in [0.717, 1.165) is 36.9 Å². The number of hydrogen-bond donors (Lipinski definition) is 3. The molecule has 3 N–H and O–H groups in total. The van der Waals surface area contributed by atoms with Gasteiger partial charge in [0.15, 0.2) is 0 Å². The minimum atomic E-state index is -0.519. The van der Waals surface area contributed by atoms with Crippen LogP contribution in [0, 0.1) is 0 Å². The Bertz CT molecular complexity index is 1080. The molecule has 38 heavy (non-hydrogen) atoms. The van der Waals surface area contributed by atoms with E-state index in [9.17, 15) is 19.2 Å². The average Bonchev–Trinajstić information content (AvgIpc) is 3.34. The zero-order valence-electron chi connectivity index (χ0n) is 22.3. The molecule has 1 aromatic rings. The van der Waals surface area contributed by atoms with Crippen molar-refractivity contribution in [3.63, 3.8) is 0 Å². The molecule has 3 fully saturated rings. The van der Waals surface area contributed by atoms with E-state index in [-0.39, 0.29) is 49.5 Å². The molecule has 0 aromatic heterocycles. The molecule has 3 aliphatic rings. The van der Waals surface area contributed by atoms with Crippen molar-refractivity contribution in [1.82, 2.24) is 25.8 Å². The molecule has 0 bridgehead atoms. The number of esters is 1. The summed E-state index contributed by atoms with van der Waals surface area (Å²) in [5, 5.41) is 9.44. The van der Waals surface area contributed by atoms with Gasteiger partial charge in [0.05, 0.1) is 6.54 Å². The maximum atomic E-state index is 13.7. The van der Waals surface area contributed by atoms with E-state index in [1.54, 1.807) is 23.1 Å². The first-order valence-electron chi connectivity index (χ1n) is 13.5. The third kappa shape index (κ3) is 6.35. The SMILES string of the molecule is C=C(N[C@H]1CCCC[C@H]2CC[C@@H](C(=O)NCc3cccc(C(=O)N4CCOC(=O)C4)c3)N2C1=O)[C@H](C)NC. The van der Waals surface area contributed by atoms with Crippen LogP contribution in [-0.4, -0.2) is 84.4 Å². The van der Waals surface area contributed by atoms with E-state index in [2.05, 4.69) is 22.5 Å². The number of nitrogens with one attached hydrogen (secondary N) is 3. The van der Waals surface area contributed by atoms with Crippen LogP contribution < -0.4 is 16.0 Å². The monoisotopic (exact) mass is 525 g/mol. The summed E-state index contributed by atoms with van der Waals surface area (Å²) in [4.78, 5) is 54.6. The van der Waals surface area contributed by atoms with Crippen LogP contribution in [-0.2, 0) is 25.7 Å². The Morgan fingerprint density at radius 2 is 1.95 bits per heavy atom. The van der Waals surface area contributed by atoms with Gasteiger partial charge in [-0.1, -0.05) is 31.6 Å². The fourth-order valence-corrected chi connectivity index (χ4v) is 5.47. The Morgan fingerprint density at radius 3 is 2.71 bits per heavy atom. The lowest BCUT2D eigenvalue weighted by Gasteiger charge is -2.36. The number of fused-ring (bicyclic) bond motifs is 1. The van der Waals surface area contributed by atoms with Crippen LogP contribution in [0.4, 0.5) is 0 Å².